The lowest BCUT2D eigenvalue weighted by molar-refractivity contribution is -0.145. The minimum absolute atomic E-state index is 0.129. The third-order valence-corrected chi connectivity index (χ3v) is 4.30. The van der Waals surface area contributed by atoms with E-state index in [-0.39, 0.29) is 23.7 Å². The Morgan fingerprint density at radius 3 is 2.18 bits per heavy atom. The van der Waals surface area contributed by atoms with Crippen molar-refractivity contribution in [2.75, 3.05) is 0 Å². The second kappa shape index (κ2) is 3.83. The molecule has 0 radical (unpaired) electrons. The van der Waals surface area contributed by atoms with Gasteiger partial charge in [0, 0.05) is 0 Å². The lowest BCUT2D eigenvalue weighted by atomic mass is 9.97. The Bertz CT molecular complexity index is 388. The molecule has 92 valence electrons. The van der Waals surface area contributed by atoms with Crippen LogP contribution in [0, 0.1) is 29.1 Å². The average Bonchev–Trinajstić information content (AvgIpc) is 2.79. The maximum atomic E-state index is 12.3. The zero-order valence-electron chi connectivity index (χ0n) is 10.6. The second-order valence-electron chi connectivity index (χ2n) is 5.54. The van der Waals surface area contributed by atoms with Crippen molar-refractivity contribution in [1.29, 1.82) is 5.26 Å². The predicted octanol–water partition coefficient (Wildman–Crippen LogP) is 1.71. The van der Waals surface area contributed by atoms with Gasteiger partial charge < -0.3 is 0 Å². The highest BCUT2D eigenvalue weighted by Crippen LogP contribution is 2.45. The van der Waals surface area contributed by atoms with E-state index in [0.29, 0.717) is 12.3 Å². The molecule has 3 unspecified atom stereocenters. The van der Waals surface area contributed by atoms with Crippen LogP contribution >= 0.6 is 0 Å². The number of hydrogen-bond donors (Lipinski definition) is 0. The van der Waals surface area contributed by atoms with E-state index < -0.39 is 5.54 Å². The van der Waals surface area contributed by atoms with Crippen LogP contribution in [0.15, 0.2) is 0 Å². The maximum absolute atomic E-state index is 12.3. The highest BCUT2D eigenvalue weighted by Gasteiger charge is 2.56. The SMILES string of the molecule is CCC(C)(C#N)N1C(=O)C2CC(C)CC2C1=O. The summed E-state index contributed by atoms with van der Waals surface area (Å²) in [5.74, 6) is -0.158. The van der Waals surface area contributed by atoms with E-state index in [1.165, 1.54) is 4.90 Å². The van der Waals surface area contributed by atoms with Gasteiger partial charge in [-0.05, 0) is 32.1 Å². The van der Waals surface area contributed by atoms with E-state index in [2.05, 4.69) is 13.0 Å². The van der Waals surface area contributed by atoms with Crippen molar-refractivity contribution in [2.45, 2.75) is 45.6 Å². The summed E-state index contributed by atoms with van der Waals surface area (Å²) >= 11 is 0. The van der Waals surface area contributed by atoms with Crippen LogP contribution in [0.1, 0.15) is 40.0 Å². The van der Waals surface area contributed by atoms with Crippen LogP contribution in [0.3, 0.4) is 0 Å². The molecule has 1 saturated heterocycles. The third kappa shape index (κ3) is 1.56. The first-order chi connectivity index (χ1) is 7.94. The molecule has 1 aliphatic heterocycles. The lowest BCUT2D eigenvalue weighted by Gasteiger charge is -2.30. The maximum Gasteiger partial charge on any atom is 0.234 e. The number of amides is 2. The van der Waals surface area contributed by atoms with Crippen molar-refractivity contribution in [1.82, 2.24) is 4.90 Å². The summed E-state index contributed by atoms with van der Waals surface area (Å²) in [5.41, 5.74) is -0.970. The molecule has 4 heteroatoms. The molecule has 0 aromatic rings. The predicted molar refractivity (Wildman–Crippen MR) is 61.5 cm³/mol. The van der Waals surface area contributed by atoms with Crippen LogP contribution < -0.4 is 0 Å². The lowest BCUT2D eigenvalue weighted by Crippen LogP contribution is -2.49. The molecular weight excluding hydrogens is 216 g/mol. The zero-order valence-corrected chi connectivity index (χ0v) is 10.6. The van der Waals surface area contributed by atoms with Crippen molar-refractivity contribution < 1.29 is 9.59 Å². The van der Waals surface area contributed by atoms with Crippen LogP contribution in [0.5, 0.6) is 0 Å². The van der Waals surface area contributed by atoms with Crippen LogP contribution in [0.25, 0.3) is 0 Å². The number of nitriles is 1. The molecule has 0 bridgehead atoms. The first-order valence-electron chi connectivity index (χ1n) is 6.23. The smallest absolute Gasteiger partial charge is 0.234 e. The zero-order chi connectivity index (χ0) is 12.8. The quantitative estimate of drug-likeness (QED) is 0.683. The van der Waals surface area contributed by atoms with Gasteiger partial charge in [-0.25, -0.2) is 0 Å². The molecule has 3 atom stereocenters. The first-order valence-corrected chi connectivity index (χ1v) is 6.23. The van der Waals surface area contributed by atoms with Crippen molar-refractivity contribution in [2.24, 2.45) is 17.8 Å². The van der Waals surface area contributed by atoms with E-state index in [9.17, 15) is 14.9 Å². The molecule has 0 aromatic carbocycles. The number of hydrogen-bond acceptors (Lipinski definition) is 3. The fraction of sp³-hybridized carbons (Fsp3) is 0.769. The van der Waals surface area contributed by atoms with Gasteiger partial charge in [-0.15, -0.1) is 0 Å². The molecule has 17 heavy (non-hydrogen) atoms. The monoisotopic (exact) mass is 234 g/mol. The largest absolute Gasteiger partial charge is 0.274 e. The number of rotatable bonds is 2. The Morgan fingerprint density at radius 1 is 1.35 bits per heavy atom. The summed E-state index contributed by atoms with van der Waals surface area (Å²) in [6.45, 7) is 5.58. The Hall–Kier alpha value is -1.37. The molecule has 0 spiro atoms. The molecule has 2 amide bonds. The Morgan fingerprint density at radius 2 is 1.82 bits per heavy atom. The van der Waals surface area contributed by atoms with E-state index in [0.717, 1.165) is 12.8 Å². The number of nitrogens with zero attached hydrogens (tertiary/aromatic N) is 2. The van der Waals surface area contributed by atoms with Crippen molar-refractivity contribution >= 4 is 11.8 Å². The molecule has 4 nitrogen and oxygen atoms in total. The fourth-order valence-corrected chi connectivity index (χ4v) is 3.05. The molecule has 0 aromatic heterocycles. The number of imide groups is 1. The molecule has 2 rings (SSSR count). The fourth-order valence-electron chi connectivity index (χ4n) is 3.05. The van der Waals surface area contributed by atoms with Gasteiger partial charge in [0.2, 0.25) is 11.8 Å². The minimum Gasteiger partial charge on any atom is -0.274 e. The number of fused-ring (bicyclic) bond motifs is 1. The van der Waals surface area contributed by atoms with Crippen LogP contribution in [-0.2, 0) is 9.59 Å². The molecule has 1 heterocycles. The summed E-state index contributed by atoms with van der Waals surface area (Å²) in [5, 5.41) is 9.20. The summed E-state index contributed by atoms with van der Waals surface area (Å²) in [6.07, 6.45) is 2.06. The van der Waals surface area contributed by atoms with Crippen LogP contribution in [0.2, 0.25) is 0 Å². The van der Waals surface area contributed by atoms with Gasteiger partial charge in [0.25, 0.3) is 0 Å². The molecule has 1 saturated carbocycles. The van der Waals surface area contributed by atoms with Gasteiger partial charge in [-0.3, -0.25) is 14.5 Å². The Kier molecular flexibility index (Phi) is 2.73. The topological polar surface area (TPSA) is 61.2 Å². The van der Waals surface area contributed by atoms with E-state index in [1.807, 2.05) is 6.92 Å². The Balaban J connectivity index is 2.33. The summed E-state index contributed by atoms with van der Waals surface area (Å²) in [6, 6.07) is 2.12. The first kappa shape index (κ1) is 12.1. The van der Waals surface area contributed by atoms with Crippen LogP contribution in [0.4, 0.5) is 0 Å². The summed E-state index contributed by atoms with van der Waals surface area (Å²) in [7, 11) is 0. The van der Waals surface area contributed by atoms with Gasteiger partial charge >= 0.3 is 0 Å². The van der Waals surface area contributed by atoms with Gasteiger partial charge in [0.1, 0.15) is 5.54 Å². The van der Waals surface area contributed by atoms with Gasteiger partial charge in [-0.2, -0.15) is 5.26 Å². The van der Waals surface area contributed by atoms with Crippen molar-refractivity contribution in [3.63, 3.8) is 0 Å². The molecule has 2 aliphatic rings. The van der Waals surface area contributed by atoms with Crippen LogP contribution in [-0.4, -0.2) is 22.3 Å². The van der Waals surface area contributed by atoms with E-state index >= 15 is 0 Å². The van der Waals surface area contributed by atoms with E-state index in [4.69, 9.17) is 0 Å². The normalized spacial score (nSPS) is 35.6. The highest BCUT2D eigenvalue weighted by molar-refractivity contribution is 6.06. The highest BCUT2D eigenvalue weighted by atomic mass is 16.2. The summed E-state index contributed by atoms with van der Waals surface area (Å²) in [4.78, 5) is 25.8. The van der Waals surface area contributed by atoms with Crippen molar-refractivity contribution in [3.05, 3.63) is 0 Å². The van der Waals surface area contributed by atoms with Crippen molar-refractivity contribution in [3.8, 4) is 6.07 Å². The van der Waals surface area contributed by atoms with Gasteiger partial charge in [0.15, 0.2) is 0 Å². The van der Waals surface area contributed by atoms with Gasteiger partial charge in [0.05, 0.1) is 17.9 Å². The molecule has 0 N–H and O–H groups in total. The average molecular weight is 234 g/mol. The molecule has 2 fully saturated rings. The van der Waals surface area contributed by atoms with E-state index in [1.54, 1.807) is 6.92 Å². The van der Waals surface area contributed by atoms with Gasteiger partial charge in [-0.1, -0.05) is 13.8 Å². The Labute approximate surface area is 102 Å². The second-order valence-corrected chi connectivity index (χ2v) is 5.54. The molecular formula is C13H18N2O2. The molecule has 1 aliphatic carbocycles. The number of carbonyl (C=O) groups is 2. The number of likely N-dealkylation sites (tertiary alicyclic amines) is 1. The standard InChI is InChI=1S/C13H18N2O2/c1-4-13(3,7-14)15-11(16)9-5-8(2)6-10(9)12(15)17/h8-10H,4-6H2,1-3H3. The minimum atomic E-state index is -0.970. The summed E-state index contributed by atoms with van der Waals surface area (Å²) < 4.78 is 0. The number of carbonyl (C=O) groups excluding carboxylic acids is 2. The third-order valence-electron chi connectivity index (χ3n) is 4.30.